The molecule has 0 N–H and O–H groups in total. The van der Waals surface area contributed by atoms with Gasteiger partial charge in [-0.25, -0.2) is 14.4 Å². The van der Waals surface area contributed by atoms with Gasteiger partial charge in [0, 0.05) is 7.05 Å². The van der Waals surface area contributed by atoms with Crippen molar-refractivity contribution in [3.63, 3.8) is 0 Å². The monoisotopic (exact) mass is 256 g/mol. The van der Waals surface area contributed by atoms with E-state index in [-0.39, 0.29) is 5.82 Å². The third-order valence-electron chi connectivity index (χ3n) is 3.15. The van der Waals surface area contributed by atoms with Crippen LogP contribution in [-0.4, -0.2) is 19.7 Å². The molecule has 0 saturated carbocycles. The Morgan fingerprint density at radius 3 is 2.53 bits per heavy atom. The van der Waals surface area contributed by atoms with E-state index in [2.05, 4.69) is 15.1 Å². The van der Waals surface area contributed by atoms with Crippen molar-refractivity contribution >= 4 is 11.0 Å². The lowest BCUT2D eigenvalue weighted by molar-refractivity contribution is 0.630. The van der Waals surface area contributed by atoms with E-state index in [9.17, 15) is 4.39 Å². The fourth-order valence-electron chi connectivity index (χ4n) is 2.30. The Bertz CT molecular complexity index is 776. The molecule has 0 spiro atoms. The molecule has 1 aromatic carbocycles. The fourth-order valence-corrected chi connectivity index (χ4v) is 2.30. The summed E-state index contributed by atoms with van der Waals surface area (Å²) in [4.78, 5) is 8.84. The molecule has 0 unspecified atom stereocenters. The predicted molar refractivity (Wildman–Crippen MR) is 71.2 cm³/mol. The zero-order chi connectivity index (χ0) is 13.6. The molecule has 5 heteroatoms. The van der Waals surface area contributed by atoms with E-state index in [4.69, 9.17) is 0 Å². The second-order valence-corrected chi connectivity index (χ2v) is 4.52. The van der Waals surface area contributed by atoms with Gasteiger partial charge in [0.15, 0.2) is 11.5 Å². The van der Waals surface area contributed by atoms with Gasteiger partial charge in [-0.3, -0.25) is 4.68 Å². The van der Waals surface area contributed by atoms with E-state index in [1.54, 1.807) is 22.9 Å². The minimum absolute atomic E-state index is 0.319. The minimum atomic E-state index is -0.319. The lowest BCUT2D eigenvalue weighted by atomic mass is 10.2. The first-order valence-corrected chi connectivity index (χ1v) is 6.01. The van der Waals surface area contributed by atoms with Gasteiger partial charge in [-0.05, 0) is 26.0 Å². The minimum Gasteiger partial charge on any atom is -0.250 e. The van der Waals surface area contributed by atoms with E-state index < -0.39 is 0 Å². The van der Waals surface area contributed by atoms with Gasteiger partial charge in [0.2, 0.25) is 0 Å². The Morgan fingerprint density at radius 2 is 1.79 bits per heavy atom. The molecule has 0 atom stereocenters. The Morgan fingerprint density at radius 1 is 1.05 bits per heavy atom. The maximum absolute atomic E-state index is 13.8. The number of nitrogens with zero attached hydrogens (tertiary/aromatic N) is 4. The number of aryl methyl sites for hydroxylation is 3. The summed E-state index contributed by atoms with van der Waals surface area (Å²) >= 11 is 0. The maximum Gasteiger partial charge on any atom is 0.164 e. The Kier molecular flexibility index (Phi) is 2.55. The second kappa shape index (κ2) is 4.12. The van der Waals surface area contributed by atoms with Crippen molar-refractivity contribution < 1.29 is 4.39 Å². The van der Waals surface area contributed by atoms with Gasteiger partial charge in [-0.1, -0.05) is 12.1 Å². The molecule has 0 saturated heterocycles. The molecular formula is C14H13FN4. The highest BCUT2D eigenvalue weighted by Gasteiger charge is 2.14. The fraction of sp³-hybridized carbons (Fsp3) is 0.214. The zero-order valence-electron chi connectivity index (χ0n) is 11.0. The molecule has 3 aromatic rings. The Hall–Kier alpha value is -2.30. The first-order chi connectivity index (χ1) is 9.08. The Balaban J connectivity index is 2.33. The summed E-state index contributed by atoms with van der Waals surface area (Å²) < 4.78 is 15.5. The van der Waals surface area contributed by atoms with Gasteiger partial charge in [-0.15, -0.1) is 0 Å². The van der Waals surface area contributed by atoms with Crippen molar-refractivity contribution in [3.8, 4) is 11.4 Å². The van der Waals surface area contributed by atoms with Crippen molar-refractivity contribution in [3.05, 3.63) is 41.5 Å². The van der Waals surface area contributed by atoms with Gasteiger partial charge in [0.05, 0.1) is 22.3 Å². The van der Waals surface area contributed by atoms with E-state index >= 15 is 0 Å². The number of rotatable bonds is 1. The van der Waals surface area contributed by atoms with Crippen molar-refractivity contribution in [1.82, 2.24) is 19.7 Å². The second-order valence-electron chi connectivity index (χ2n) is 4.52. The molecule has 4 nitrogen and oxygen atoms in total. The zero-order valence-corrected chi connectivity index (χ0v) is 11.0. The summed E-state index contributed by atoms with van der Waals surface area (Å²) in [6, 6.07) is 6.51. The molecule has 96 valence electrons. The van der Waals surface area contributed by atoms with Crippen LogP contribution in [0.2, 0.25) is 0 Å². The standard InChI is InChI=1S/C14H13FN4/c1-8-12-9(2)18-19(3)14(12)17-13(16-8)10-6-4-5-7-11(10)15/h4-7H,1-3H3. The number of hydrogen-bond acceptors (Lipinski definition) is 3. The number of benzene rings is 1. The van der Waals surface area contributed by atoms with Crippen LogP contribution in [0.15, 0.2) is 24.3 Å². The van der Waals surface area contributed by atoms with Crippen LogP contribution in [0.5, 0.6) is 0 Å². The lowest BCUT2D eigenvalue weighted by Gasteiger charge is -2.04. The quantitative estimate of drug-likeness (QED) is 0.672. The Labute approximate surface area is 109 Å². The largest absolute Gasteiger partial charge is 0.250 e. The van der Waals surface area contributed by atoms with Crippen LogP contribution in [0.4, 0.5) is 4.39 Å². The van der Waals surface area contributed by atoms with E-state index in [0.717, 1.165) is 22.4 Å². The normalized spacial score (nSPS) is 11.2. The number of fused-ring (bicyclic) bond motifs is 1. The van der Waals surface area contributed by atoms with Crippen LogP contribution in [0, 0.1) is 19.7 Å². The van der Waals surface area contributed by atoms with Gasteiger partial charge < -0.3 is 0 Å². The molecule has 2 aromatic heterocycles. The third kappa shape index (κ3) is 1.78. The summed E-state index contributed by atoms with van der Waals surface area (Å²) in [6.07, 6.45) is 0. The van der Waals surface area contributed by atoms with Crippen LogP contribution in [-0.2, 0) is 7.05 Å². The summed E-state index contributed by atoms with van der Waals surface area (Å²) in [6.45, 7) is 3.81. The molecule has 0 radical (unpaired) electrons. The van der Waals surface area contributed by atoms with Crippen LogP contribution in [0.1, 0.15) is 11.4 Å². The van der Waals surface area contributed by atoms with Gasteiger partial charge in [0.25, 0.3) is 0 Å². The maximum atomic E-state index is 13.8. The van der Waals surface area contributed by atoms with Crippen LogP contribution >= 0.6 is 0 Å². The number of aromatic nitrogens is 4. The highest BCUT2D eigenvalue weighted by molar-refractivity contribution is 5.82. The number of halogens is 1. The molecule has 3 rings (SSSR count). The van der Waals surface area contributed by atoms with Crippen molar-refractivity contribution in [2.24, 2.45) is 7.05 Å². The molecule has 0 fully saturated rings. The molecule has 0 bridgehead atoms. The summed E-state index contributed by atoms with van der Waals surface area (Å²) in [5, 5.41) is 5.26. The summed E-state index contributed by atoms with van der Waals surface area (Å²) in [7, 11) is 1.83. The molecule has 0 aliphatic rings. The average molecular weight is 256 g/mol. The van der Waals surface area contributed by atoms with Crippen LogP contribution in [0.3, 0.4) is 0 Å². The highest BCUT2D eigenvalue weighted by atomic mass is 19.1. The van der Waals surface area contributed by atoms with Crippen molar-refractivity contribution in [2.45, 2.75) is 13.8 Å². The molecule has 0 amide bonds. The molecular weight excluding hydrogens is 243 g/mol. The molecule has 2 heterocycles. The first-order valence-electron chi connectivity index (χ1n) is 6.01. The predicted octanol–water partition coefficient (Wildman–Crippen LogP) is 2.79. The van der Waals surface area contributed by atoms with E-state index in [1.807, 2.05) is 20.9 Å². The summed E-state index contributed by atoms with van der Waals surface area (Å²) in [5.41, 5.74) is 2.83. The number of hydrogen-bond donors (Lipinski definition) is 0. The van der Waals surface area contributed by atoms with Gasteiger partial charge >= 0.3 is 0 Å². The van der Waals surface area contributed by atoms with Crippen LogP contribution < -0.4 is 0 Å². The SMILES string of the molecule is Cc1nc(-c2ccccc2F)nc2c1c(C)nn2C. The third-order valence-corrected chi connectivity index (χ3v) is 3.15. The molecule has 0 aliphatic carbocycles. The lowest BCUT2D eigenvalue weighted by Crippen LogP contribution is -1.98. The summed E-state index contributed by atoms with van der Waals surface area (Å²) in [5.74, 6) is 0.0752. The highest BCUT2D eigenvalue weighted by Crippen LogP contribution is 2.24. The molecule has 0 aliphatic heterocycles. The first kappa shape index (κ1) is 11.8. The average Bonchev–Trinajstić information content (AvgIpc) is 2.65. The topological polar surface area (TPSA) is 43.6 Å². The smallest absolute Gasteiger partial charge is 0.164 e. The van der Waals surface area contributed by atoms with Gasteiger partial charge in [0.1, 0.15) is 5.82 Å². The molecule has 19 heavy (non-hydrogen) atoms. The van der Waals surface area contributed by atoms with E-state index in [0.29, 0.717) is 11.4 Å². The van der Waals surface area contributed by atoms with Gasteiger partial charge in [-0.2, -0.15) is 5.10 Å². The van der Waals surface area contributed by atoms with Crippen molar-refractivity contribution in [1.29, 1.82) is 0 Å². The van der Waals surface area contributed by atoms with Crippen molar-refractivity contribution in [2.75, 3.05) is 0 Å². The van der Waals surface area contributed by atoms with Crippen LogP contribution in [0.25, 0.3) is 22.4 Å². The van der Waals surface area contributed by atoms with E-state index in [1.165, 1.54) is 6.07 Å².